The van der Waals surface area contributed by atoms with E-state index in [0.29, 0.717) is 26.3 Å². The van der Waals surface area contributed by atoms with Crippen molar-refractivity contribution in [2.45, 2.75) is 45.2 Å². The third kappa shape index (κ3) is 5.60. The molecular formula is C29H36N6O2. The van der Waals surface area contributed by atoms with Crippen LogP contribution in [0.15, 0.2) is 66.8 Å². The molecular weight excluding hydrogens is 464 g/mol. The van der Waals surface area contributed by atoms with Crippen molar-refractivity contribution in [1.82, 2.24) is 30.6 Å². The predicted octanol–water partition coefficient (Wildman–Crippen LogP) is 3.30. The van der Waals surface area contributed by atoms with Crippen molar-refractivity contribution >= 4 is 17.1 Å². The summed E-state index contributed by atoms with van der Waals surface area (Å²) in [4.78, 5) is 25.1. The number of allylic oxidation sites excluding steroid dienone is 3. The number of likely N-dealkylation sites (tertiary alicyclic amines) is 1. The number of nitrogens with zero attached hydrogens (tertiary/aromatic N) is 4. The van der Waals surface area contributed by atoms with Crippen molar-refractivity contribution in [3.63, 3.8) is 0 Å². The van der Waals surface area contributed by atoms with E-state index in [0.717, 1.165) is 59.6 Å². The number of carbonyl (C=O) groups excluding carboxylic acids is 1. The van der Waals surface area contributed by atoms with E-state index in [2.05, 4.69) is 56.9 Å². The third-order valence-electron chi connectivity index (χ3n) is 7.12. The summed E-state index contributed by atoms with van der Waals surface area (Å²) in [5.41, 5.74) is 9.44. The van der Waals surface area contributed by atoms with Gasteiger partial charge in [-0.15, -0.1) is 0 Å². The second kappa shape index (κ2) is 11.7. The number of aromatic nitrogens is 2. The summed E-state index contributed by atoms with van der Waals surface area (Å²) in [6.45, 7) is 7.49. The zero-order valence-electron chi connectivity index (χ0n) is 21.7. The molecule has 2 saturated heterocycles. The number of pyridine rings is 2. The summed E-state index contributed by atoms with van der Waals surface area (Å²) >= 11 is 0. The van der Waals surface area contributed by atoms with Gasteiger partial charge < -0.3 is 20.0 Å². The highest BCUT2D eigenvalue weighted by molar-refractivity contribution is 5.97. The lowest BCUT2D eigenvalue weighted by atomic mass is 10.0. The van der Waals surface area contributed by atoms with Crippen LogP contribution in [-0.4, -0.2) is 70.7 Å². The predicted molar refractivity (Wildman–Crippen MR) is 145 cm³/mol. The zero-order chi connectivity index (χ0) is 25.6. The Balaban J connectivity index is 1.26. The highest BCUT2D eigenvalue weighted by Crippen LogP contribution is 2.32. The Morgan fingerprint density at radius 3 is 2.95 bits per heavy atom. The van der Waals surface area contributed by atoms with Crippen LogP contribution in [0.5, 0.6) is 0 Å². The van der Waals surface area contributed by atoms with E-state index in [4.69, 9.17) is 4.74 Å². The summed E-state index contributed by atoms with van der Waals surface area (Å²) in [5.74, 6) is 0.103. The number of amides is 1. The molecule has 2 aromatic heterocycles. The standard InChI is InChI=1S/C29H36N6O2/c1-3-7-22(24-11-10-21(2)18-32-24)12-14-30-19-23-8-6-15-34(23)29(36)28-27(25-9-4-5-13-31-25)26-20-37-17-16-35(26)33-28/h4-5,7,9-14,18,23,28,30,33H,3,6,8,15-17,19-20H2,1-2H3/b14-12-,22-7+. The molecule has 0 aliphatic carbocycles. The van der Waals surface area contributed by atoms with E-state index in [-0.39, 0.29) is 11.9 Å². The number of carbonyl (C=O) groups is 1. The van der Waals surface area contributed by atoms with E-state index >= 15 is 0 Å². The van der Waals surface area contributed by atoms with Gasteiger partial charge in [0.15, 0.2) is 0 Å². The number of rotatable bonds is 8. The molecule has 2 aromatic rings. The molecule has 0 radical (unpaired) electrons. The Kier molecular flexibility index (Phi) is 7.96. The molecule has 0 aromatic carbocycles. The molecule has 2 unspecified atom stereocenters. The molecule has 0 saturated carbocycles. The van der Waals surface area contributed by atoms with Gasteiger partial charge in [-0.1, -0.05) is 25.1 Å². The van der Waals surface area contributed by atoms with Gasteiger partial charge in [0.05, 0.1) is 36.8 Å². The SMILES string of the molecule is CC/C=C(\C=C/NCC1CCCN1C(=O)C1NN2CCOCC2=C1c1ccccn1)c1ccc(C)cn1. The average molecular weight is 501 g/mol. The van der Waals surface area contributed by atoms with Gasteiger partial charge >= 0.3 is 0 Å². The second-order valence-corrected chi connectivity index (χ2v) is 9.70. The molecule has 37 heavy (non-hydrogen) atoms. The number of fused-ring (bicyclic) bond motifs is 1. The average Bonchev–Trinajstić information content (AvgIpc) is 3.56. The van der Waals surface area contributed by atoms with E-state index < -0.39 is 6.04 Å². The number of ether oxygens (including phenoxy) is 1. The molecule has 5 heterocycles. The van der Waals surface area contributed by atoms with Gasteiger partial charge in [0.1, 0.15) is 6.04 Å². The molecule has 1 amide bonds. The molecule has 2 fully saturated rings. The Morgan fingerprint density at radius 1 is 1.24 bits per heavy atom. The number of hydrogen-bond acceptors (Lipinski definition) is 7. The first-order valence-corrected chi connectivity index (χ1v) is 13.2. The second-order valence-electron chi connectivity index (χ2n) is 9.70. The van der Waals surface area contributed by atoms with Crippen molar-refractivity contribution in [3.8, 4) is 0 Å². The van der Waals surface area contributed by atoms with Crippen LogP contribution in [0.1, 0.15) is 43.1 Å². The maximum atomic E-state index is 13.9. The minimum absolute atomic E-state index is 0.103. The van der Waals surface area contributed by atoms with Gasteiger partial charge in [-0.25, -0.2) is 5.43 Å². The zero-order valence-corrected chi connectivity index (χ0v) is 21.7. The van der Waals surface area contributed by atoms with Crippen molar-refractivity contribution in [3.05, 3.63) is 83.7 Å². The molecule has 2 N–H and O–H groups in total. The first-order chi connectivity index (χ1) is 18.2. The Morgan fingerprint density at radius 2 is 2.16 bits per heavy atom. The van der Waals surface area contributed by atoms with Crippen LogP contribution in [0.2, 0.25) is 0 Å². The number of hydrazine groups is 1. The molecule has 5 rings (SSSR count). The Hall–Kier alpha value is -3.49. The smallest absolute Gasteiger partial charge is 0.246 e. The lowest BCUT2D eigenvalue weighted by Gasteiger charge is -2.30. The summed E-state index contributed by atoms with van der Waals surface area (Å²) in [5, 5.41) is 5.52. The molecule has 0 spiro atoms. The number of nitrogens with one attached hydrogen (secondary N) is 2. The lowest BCUT2D eigenvalue weighted by molar-refractivity contribution is -0.133. The minimum Gasteiger partial charge on any atom is -0.389 e. The first-order valence-electron chi connectivity index (χ1n) is 13.2. The lowest BCUT2D eigenvalue weighted by Crippen LogP contribution is -2.52. The fourth-order valence-corrected chi connectivity index (χ4v) is 5.26. The summed E-state index contributed by atoms with van der Waals surface area (Å²) < 4.78 is 5.73. The van der Waals surface area contributed by atoms with Crippen molar-refractivity contribution in [2.24, 2.45) is 0 Å². The Labute approximate surface area is 219 Å². The van der Waals surface area contributed by atoms with E-state index in [1.54, 1.807) is 6.20 Å². The fraction of sp³-hybridized carbons (Fsp3) is 0.414. The highest BCUT2D eigenvalue weighted by atomic mass is 16.5. The van der Waals surface area contributed by atoms with Crippen LogP contribution in [0.3, 0.4) is 0 Å². The van der Waals surface area contributed by atoms with Gasteiger partial charge in [0.25, 0.3) is 0 Å². The summed E-state index contributed by atoms with van der Waals surface area (Å²) in [6, 6.07) is 9.66. The molecule has 3 aliphatic rings. The largest absolute Gasteiger partial charge is 0.389 e. The maximum absolute atomic E-state index is 13.9. The van der Waals surface area contributed by atoms with E-state index in [9.17, 15) is 4.79 Å². The van der Waals surface area contributed by atoms with E-state index in [1.165, 1.54) is 0 Å². The third-order valence-corrected chi connectivity index (χ3v) is 7.12. The van der Waals surface area contributed by atoms with Gasteiger partial charge in [0, 0.05) is 37.1 Å². The van der Waals surface area contributed by atoms with Gasteiger partial charge in [-0.3, -0.25) is 14.8 Å². The quantitative estimate of drug-likeness (QED) is 0.538. The van der Waals surface area contributed by atoms with Crippen LogP contribution in [0.25, 0.3) is 11.1 Å². The van der Waals surface area contributed by atoms with Crippen LogP contribution in [0, 0.1) is 6.92 Å². The van der Waals surface area contributed by atoms with Crippen molar-refractivity contribution in [1.29, 1.82) is 0 Å². The molecule has 194 valence electrons. The topological polar surface area (TPSA) is 82.6 Å². The van der Waals surface area contributed by atoms with E-state index in [1.807, 2.05) is 42.4 Å². The maximum Gasteiger partial charge on any atom is 0.246 e. The summed E-state index contributed by atoms with van der Waals surface area (Å²) in [6.07, 6.45) is 12.8. The van der Waals surface area contributed by atoms with Gasteiger partial charge in [0.2, 0.25) is 5.91 Å². The fourth-order valence-electron chi connectivity index (χ4n) is 5.26. The van der Waals surface area contributed by atoms with Crippen molar-refractivity contribution < 1.29 is 9.53 Å². The van der Waals surface area contributed by atoms with Crippen LogP contribution < -0.4 is 10.7 Å². The first kappa shape index (κ1) is 25.2. The summed E-state index contributed by atoms with van der Waals surface area (Å²) in [7, 11) is 0. The molecule has 0 bridgehead atoms. The molecule has 8 nitrogen and oxygen atoms in total. The molecule has 2 atom stereocenters. The number of hydrogen-bond donors (Lipinski definition) is 2. The molecule has 8 heteroatoms. The Bertz CT molecular complexity index is 1170. The van der Waals surface area contributed by atoms with Crippen molar-refractivity contribution in [2.75, 3.05) is 32.8 Å². The highest BCUT2D eigenvalue weighted by Gasteiger charge is 2.42. The number of morpholine rings is 1. The monoisotopic (exact) mass is 500 g/mol. The minimum atomic E-state index is -0.450. The van der Waals surface area contributed by atoms with Gasteiger partial charge in [-0.2, -0.15) is 0 Å². The van der Waals surface area contributed by atoms with Crippen LogP contribution in [0.4, 0.5) is 0 Å². The normalized spacial score (nSPS) is 22.2. The van der Waals surface area contributed by atoms with Crippen LogP contribution >= 0.6 is 0 Å². The van der Waals surface area contributed by atoms with Crippen LogP contribution in [-0.2, 0) is 9.53 Å². The number of aryl methyl sites for hydroxylation is 1. The molecule has 3 aliphatic heterocycles. The van der Waals surface area contributed by atoms with Gasteiger partial charge in [-0.05, 0) is 67.8 Å².